The van der Waals surface area contributed by atoms with Crippen LogP contribution in [0.5, 0.6) is 11.5 Å². The molecule has 3 nitrogen and oxygen atoms in total. The van der Waals surface area contributed by atoms with Gasteiger partial charge in [-0.05, 0) is 44.2 Å². The molecule has 3 rings (SSSR count). The van der Waals surface area contributed by atoms with E-state index in [9.17, 15) is 0 Å². The Labute approximate surface area is 125 Å². The second-order valence-electron chi connectivity index (χ2n) is 5.79. The van der Waals surface area contributed by atoms with Crippen molar-refractivity contribution in [1.29, 1.82) is 0 Å². The molecule has 0 radical (unpaired) electrons. The van der Waals surface area contributed by atoms with E-state index in [-0.39, 0.29) is 6.10 Å². The summed E-state index contributed by atoms with van der Waals surface area (Å²) in [6, 6.07) is 4.36. The molecule has 0 bridgehead atoms. The van der Waals surface area contributed by atoms with Gasteiger partial charge in [0.15, 0.2) is 0 Å². The minimum Gasteiger partial charge on any atom is -0.493 e. The topological polar surface area (TPSA) is 30.5 Å². The number of ether oxygens (including phenoxy) is 2. The van der Waals surface area contributed by atoms with E-state index in [0.717, 1.165) is 30.4 Å². The molecule has 1 saturated heterocycles. The van der Waals surface area contributed by atoms with Crippen LogP contribution in [0.1, 0.15) is 37.3 Å². The van der Waals surface area contributed by atoms with Crippen LogP contribution in [0.2, 0.25) is 0 Å². The average Bonchev–Trinajstić information content (AvgIpc) is 2.78. The molecule has 2 aliphatic rings. The maximum absolute atomic E-state index is 5.90. The highest BCUT2D eigenvalue weighted by atomic mass is 32.2. The minimum atomic E-state index is 0.279. The highest BCUT2D eigenvalue weighted by Gasteiger charge is 2.27. The Morgan fingerprint density at radius 1 is 1.40 bits per heavy atom. The standard InChI is InChI=1S/C16H23NO2S/c1-4-18-15-6-12-5-11(3)19-14(12)7-13(15)16-17-8-10(2)9-20-16/h6-7,10-11,16-17H,4-5,8-9H2,1-3H3. The summed E-state index contributed by atoms with van der Waals surface area (Å²) >= 11 is 1.96. The Bertz CT molecular complexity index is 484. The minimum absolute atomic E-state index is 0.279. The molecule has 110 valence electrons. The predicted octanol–water partition coefficient (Wildman–Crippen LogP) is 3.38. The van der Waals surface area contributed by atoms with Crippen LogP contribution in [0.25, 0.3) is 0 Å². The Kier molecular flexibility index (Phi) is 4.13. The third kappa shape index (κ3) is 2.77. The van der Waals surface area contributed by atoms with Gasteiger partial charge in [0, 0.05) is 17.5 Å². The molecule has 2 heterocycles. The van der Waals surface area contributed by atoms with Crippen molar-refractivity contribution in [2.75, 3.05) is 18.9 Å². The van der Waals surface area contributed by atoms with E-state index >= 15 is 0 Å². The van der Waals surface area contributed by atoms with Gasteiger partial charge < -0.3 is 14.8 Å². The summed E-state index contributed by atoms with van der Waals surface area (Å²) in [6.07, 6.45) is 1.26. The van der Waals surface area contributed by atoms with Crippen LogP contribution in [0.3, 0.4) is 0 Å². The fourth-order valence-electron chi connectivity index (χ4n) is 2.83. The molecule has 0 spiro atoms. The van der Waals surface area contributed by atoms with E-state index in [1.54, 1.807) is 0 Å². The summed E-state index contributed by atoms with van der Waals surface area (Å²) in [7, 11) is 0. The van der Waals surface area contributed by atoms with E-state index in [2.05, 4.69) is 31.3 Å². The normalized spacial score (nSPS) is 28.9. The van der Waals surface area contributed by atoms with Crippen molar-refractivity contribution in [3.05, 3.63) is 23.3 Å². The molecule has 0 aromatic heterocycles. The third-order valence-corrected chi connectivity index (χ3v) is 5.33. The number of fused-ring (bicyclic) bond motifs is 1. The summed E-state index contributed by atoms with van der Waals surface area (Å²) in [5.41, 5.74) is 2.51. The van der Waals surface area contributed by atoms with Gasteiger partial charge in [-0.25, -0.2) is 0 Å². The first-order chi connectivity index (χ1) is 9.67. The first-order valence-electron chi connectivity index (χ1n) is 7.48. The molecular weight excluding hydrogens is 270 g/mol. The lowest BCUT2D eigenvalue weighted by molar-refractivity contribution is 0.254. The molecule has 20 heavy (non-hydrogen) atoms. The van der Waals surface area contributed by atoms with Crippen molar-refractivity contribution in [3.63, 3.8) is 0 Å². The number of hydrogen-bond acceptors (Lipinski definition) is 4. The first-order valence-corrected chi connectivity index (χ1v) is 8.53. The number of nitrogens with one attached hydrogen (secondary N) is 1. The second kappa shape index (κ2) is 5.86. The van der Waals surface area contributed by atoms with Gasteiger partial charge in [-0.1, -0.05) is 6.92 Å². The predicted molar refractivity (Wildman–Crippen MR) is 83.8 cm³/mol. The second-order valence-corrected chi connectivity index (χ2v) is 6.93. The molecule has 1 N–H and O–H groups in total. The zero-order valence-corrected chi connectivity index (χ0v) is 13.3. The van der Waals surface area contributed by atoms with E-state index < -0.39 is 0 Å². The molecule has 3 atom stereocenters. The molecule has 0 aliphatic carbocycles. The summed E-state index contributed by atoms with van der Waals surface area (Å²) in [5.74, 6) is 3.98. The lowest BCUT2D eigenvalue weighted by atomic mass is 10.1. The van der Waals surface area contributed by atoms with Crippen molar-refractivity contribution in [1.82, 2.24) is 5.32 Å². The zero-order chi connectivity index (χ0) is 14.1. The number of thioether (sulfide) groups is 1. The molecule has 1 fully saturated rings. The van der Waals surface area contributed by atoms with Gasteiger partial charge in [0.1, 0.15) is 17.6 Å². The highest BCUT2D eigenvalue weighted by Crippen LogP contribution is 2.42. The van der Waals surface area contributed by atoms with E-state index in [1.807, 2.05) is 18.7 Å². The van der Waals surface area contributed by atoms with Crippen molar-refractivity contribution < 1.29 is 9.47 Å². The van der Waals surface area contributed by atoms with Crippen LogP contribution in [-0.2, 0) is 6.42 Å². The monoisotopic (exact) mass is 293 g/mol. The molecule has 1 aromatic carbocycles. The van der Waals surface area contributed by atoms with Crippen LogP contribution < -0.4 is 14.8 Å². The maximum Gasteiger partial charge on any atom is 0.125 e. The fourth-order valence-corrected chi connectivity index (χ4v) is 4.04. The number of benzene rings is 1. The summed E-state index contributed by atoms with van der Waals surface area (Å²) in [6.45, 7) is 8.22. The third-order valence-electron chi connectivity index (χ3n) is 3.81. The lowest BCUT2D eigenvalue weighted by Crippen LogP contribution is -2.31. The van der Waals surface area contributed by atoms with Gasteiger partial charge in [0.2, 0.25) is 0 Å². The highest BCUT2D eigenvalue weighted by molar-refractivity contribution is 7.99. The SMILES string of the molecule is CCOc1cc2c(cc1C1NCC(C)CS1)OC(C)C2. The van der Waals surface area contributed by atoms with Gasteiger partial charge in [-0.3, -0.25) is 0 Å². The van der Waals surface area contributed by atoms with E-state index in [0.29, 0.717) is 12.0 Å². The number of rotatable bonds is 3. The van der Waals surface area contributed by atoms with E-state index in [1.165, 1.54) is 16.9 Å². The molecule has 4 heteroatoms. The largest absolute Gasteiger partial charge is 0.493 e. The Balaban J connectivity index is 1.90. The van der Waals surface area contributed by atoms with Crippen LogP contribution in [0, 0.1) is 5.92 Å². The summed E-state index contributed by atoms with van der Waals surface area (Å²) < 4.78 is 11.8. The Morgan fingerprint density at radius 2 is 2.25 bits per heavy atom. The van der Waals surface area contributed by atoms with Crippen molar-refractivity contribution in [2.45, 2.75) is 38.7 Å². The van der Waals surface area contributed by atoms with Crippen molar-refractivity contribution in [2.24, 2.45) is 5.92 Å². The molecule has 3 unspecified atom stereocenters. The zero-order valence-electron chi connectivity index (χ0n) is 12.4. The van der Waals surface area contributed by atoms with E-state index in [4.69, 9.17) is 9.47 Å². The number of hydrogen-bond donors (Lipinski definition) is 1. The molecule has 1 aromatic rings. The quantitative estimate of drug-likeness (QED) is 0.925. The van der Waals surface area contributed by atoms with Crippen molar-refractivity contribution >= 4 is 11.8 Å². The van der Waals surface area contributed by atoms with Gasteiger partial charge in [-0.15, -0.1) is 11.8 Å². The van der Waals surface area contributed by atoms with Gasteiger partial charge in [0.05, 0.1) is 12.0 Å². The molecular formula is C16H23NO2S. The fraction of sp³-hybridized carbons (Fsp3) is 0.625. The van der Waals surface area contributed by atoms with Gasteiger partial charge >= 0.3 is 0 Å². The molecule has 2 aliphatic heterocycles. The Hall–Kier alpha value is -0.870. The molecule has 0 saturated carbocycles. The van der Waals surface area contributed by atoms with Crippen LogP contribution in [0.4, 0.5) is 0 Å². The van der Waals surface area contributed by atoms with Crippen LogP contribution in [0.15, 0.2) is 12.1 Å². The molecule has 0 amide bonds. The lowest BCUT2D eigenvalue weighted by Gasteiger charge is -2.29. The van der Waals surface area contributed by atoms with Gasteiger partial charge in [0.25, 0.3) is 0 Å². The summed E-state index contributed by atoms with van der Waals surface area (Å²) in [5, 5.41) is 3.93. The first kappa shape index (κ1) is 14.1. The maximum atomic E-state index is 5.90. The van der Waals surface area contributed by atoms with Gasteiger partial charge in [-0.2, -0.15) is 0 Å². The smallest absolute Gasteiger partial charge is 0.125 e. The average molecular weight is 293 g/mol. The Morgan fingerprint density at radius 3 is 2.95 bits per heavy atom. The van der Waals surface area contributed by atoms with Crippen molar-refractivity contribution in [3.8, 4) is 11.5 Å². The van der Waals surface area contributed by atoms with Crippen LogP contribution in [-0.4, -0.2) is 25.0 Å². The summed E-state index contributed by atoms with van der Waals surface area (Å²) in [4.78, 5) is 0. The van der Waals surface area contributed by atoms with Crippen LogP contribution >= 0.6 is 11.8 Å².